The molecule has 0 aromatic carbocycles. The highest BCUT2D eigenvalue weighted by Gasteiger charge is 2.35. The number of hydrogen-bond acceptors (Lipinski definition) is 2. The Bertz CT molecular complexity index is 221. The zero-order valence-electron chi connectivity index (χ0n) is 6.45. The van der Waals surface area contributed by atoms with Gasteiger partial charge in [0, 0.05) is 12.4 Å². The van der Waals surface area contributed by atoms with Gasteiger partial charge in [0.15, 0.2) is 0 Å². The fourth-order valence-corrected chi connectivity index (χ4v) is 0.313. The van der Waals surface area contributed by atoms with E-state index in [-0.39, 0.29) is 0 Å². The largest absolute Gasteiger partial charge is 0.470 e. The third kappa shape index (κ3) is 6.79. The molecule has 1 amide bonds. The van der Waals surface area contributed by atoms with Crippen molar-refractivity contribution in [2.75, 3.05) is 0 Å². The van der Waals surface area contributed by atoms with Crippen molar-refractivity contribution in [3.63, 3.8) is 0 Å². The molecule has 0 spiro atoms. The standard InChI is InChI=1S/C5H5N.C2H2F3NO/c1-2-4-6-5-3-1;3-2(4,5)1(6)7/h1-5H;(H2,6,7). The minimum Gasteiger partial charge on any atom is -0.362 e. The number of primary amides is 1. The van der Waals surface area contributed by atoms with Gasteiger partial charge in [-0.25, -0.2) is 0 Å². The van der Waals surface area contributed by atoms with Crippen LogP contribution in [-0.4, -0.2) is 17.1 Å². The first-order chi connectivity index (χ1) is 5.94. The molecule has 0 aliphatic rings. The number of alkyl halides is 3. The molecule has 72 valence electrons. The van der Waals surface area contributed by atoms with Crippen molar-refractivity contribution in [2.45, 2.75) is 6.18 Å². The van der Waals surface area contributed by atoms with E-state index < -0.39 is 12.1 Å². The second-order valence-electron chi connectivity index (χ2n) is 1.89. The Labute approximate surface area is 72.4 Å². The minimum atomic E-state index is -4.86. The maximum absolute atomic E-state index is 10.7. The van der Waals surface area contributed by atoms with Crippen LogP contribution in [-0.2, 0) is 4.79 Å². The van der Waals surface area contributed by atoms with Crippen LogP contribution in [0.3, 0.4) is 0 Å². The van der Waals surface area contributed by atoms with Crippen molar-refractivity contribution < 1.29 is 18.0 Å². The third-order valence-electron chi connectivity index (χ3n) is 0.846. The van der Waals surface area contributed by atoms with Crippen molar-refractivity contribution in [3.8, 4) is 0 Å². The lowest BCUT2D eigenvalue weighted by atomic mass is 10.5. The lowest BCUT2D eigenvalue weighted by molar-refractivity contribution is -0.169. The lowest BCUT2D eigenvalue weighted by Crippen LogP contribution is -2.30. The van der Waals surface area contributed by atoms with Gasteiger partial charge in [-0.1, -0.05) is 6.07 Å². The first kappa shape index (κ1) is 11.4. The zero-order chi connectivity index (χ0) is 10.3. The molecule has 0 saturated carbocycles. The second kappa shape index (κ2) is 5.13. The molecule has 6 heteroatoms. The number of nitrogens with zero attached hydrogens (tertiary/aromatic N) is 1. The minimum absolute atomic E-state index is 1.75. The van der Waals surface area contributed by atoms with Crippen LogP contribution < -0.4 is 5.73 Å². The average molecular weight is 192 g/mol. The molecule has 0 unspecified atom stereocenters. The molecule has 0 aliphatic carbocycles. The Morgan fingerprint density at radius 3 is 1.62 bits per heavy atom. The van der Waals surface area contributed by atoms with Gasteiger partial charge >= 0.3 is 12.1 Å². The summed E-state index contributed by atoms with van der Waals surface area (Å²) in [4.78, 5) is 12.9. The van der Waals surface area contributed by atoms with E-state index in [9.17, 15) is 13.2 Å². The fraction of sp³-hybridized carbons (Fsp3) is 0.143. The Hall–Kier alpha value is -1.59. The smallest absolute Gasteiger partial charge is 0.362 e. The third-order valence-corrected chi connectivity index (χ3v) is 0.846. The van der Waals surface area contributed by atoms with Gasteiger partial charge in [0.05, 0.1) is 0 Å². The van der Waals surface area contributed by atoms with Gasteiger partial charge in [0.2, 0.25) is 0 Å². The summed E-state index contributed by atoms with van der Waals surface area (Å²) in [5.74, 6) is -2.26. The second-order valence-corrected chi connectivity index (χ2v) is 1.89. The summed E-state index contributed by atoms with van der Waals surface area (Å²) in [5.41, 5.74) is 3.81. The summed E-state index contributed by atoms with van der Waals surface area (Å²) in [6.07, 6.45) is -1.36. The number of halogens is 3. The van der Waals surface area contributed by atoms with E-state index in [1.54, 1.807) is 12.4 Å². The number of rotatable bonds is 0. The summed E-state index contributed by atoms with van der Waals surface area (Å²) >= 11 is 0. The summed E-state index contributed by atoms with van der Waals surface area (Å²) in [6.45, 7) is 0. The molecular weight excluding hydrogens is 185 g/mol. The van der Waals surface area contributed by atoms with Crippen LogP contribution in [0.2, 0.25) is 0 Å². The van der Waals surface area contributed by atoms with E-state index in [1.165, 1.54) is 0 Å². The van der Waals surface area contributed by atoms with E-state index >= 15 is 0 Å². The fourth-order valence-electron chi connectivity index (χ4n) is 0.313. The van der Waals surface area contributed by atoms with Crippen LogP contribution in [0.1, 0.15) is 0 Å². The topological polar surface area (TPSA) is 56.0 Å². The highest BCUT2D eigenvalue weighted by atomic mass is 19.4. The number of hydrogen-bond donors (Lipinski definition) is 1. The van der Waals surface area contributed by atoms with Crippen LogP contribution in [0.25, 0.3) is 0 Å². The summed E-state index contributed by atoms with van der Waals surface area (Å²) < 4.78 is 32.1. The van der Waals surface area contributed by atoms with Crippen molar-refractivity contribution in [3.05, 3.63) is 30.6 Å². The normalized spacial score (nSPS) is 9.77. The SMILES string of the molecule is NC(=O)C(F)(F)F.c1ccncc1. The predicted octanol–water partition coefficient (Wildman–Crippen LogP) is 1.12. The molecule has 0 bridgehead atoms. The molecule has 0 radical (unpaired) electrons. The molecule has 13 heavy (non-hydrogen) atoms. The van der Waals surface area contributed by atoms with Gasteiger partial charge < -0.3 is 5.73 Å². The maximum atomic E-state index is 10.7. The molecule has 0 fully saturated rings. The Kier molecular flexibility index (Phi) is 4.50. The molecule has 2 N–H and O–H groups in total. The molecule has 1 rings (SSSR count). The molecule has 3 nitrogen and oxygen atoms in total. The molecule has 1 aromatic rings. The van der Waals surface area contributed by atoms with Gasteiger partial charge in [0.25, 0.3) is 0 Å². The summed E-state index contributed by atoms with van der Waals surface area (Å²) in [7, 11) is 0. The van der Waals surface area contributed by atoms with E-state index in [2.05, 4.69) is 10.7 Å². The maximum Gasteiger partial charge on any atom is 0.470 e. The van der Waals surface area contributed by atoms with E-state index in [4.69, 9.17) is 4.79 Å². The molecule has 0 saturated heterocycles. The molecule has 0 aliphatic heterocycles. The number of amides is 1. The Morgan fingerprint density at radius 2 is 1.54 bits per heavy atom. The van der Waals surface area contributed by atoms with Gasteiger partial charge in [0.1, 0.15) is 0 Å². The van der Waals surface area contributed by atoms with Crippen LogP contribution in [0.15, 0.2) is 30.6 Å². The number of pyridine rings is 1. The van der Waals surface area contributed by atoms with Gasteiger partial charge in [-0.15, -0.1) is 0 Å². The van der Waals surface area contributed by atoms with Crippen molar-refractivity contribution >= 4 is 5.91 Å². The monoisotopic (exact) mass is 192 g/mol. The molecule has 0 atom stereocenters. The highest BCUT2D eigenvalue weighted by Crippen LogP contribution is 2.11. The van der Waals surface area contributed by atoms with Crippen LogP contribution in [0.5, 0.6) is 0 Å². The van der Waals surface area contributed by atoms with Crippen molar-refractivity contribution in [1.29, 1.82) is 0 Å². The average Bonchev–Trinajstić information content (AvgIpc) is 2.07. The zero-order valence-corrected chi connectivity index (χ0v) is 6.45. The van der Waals surface area contributed by atoms with Crippen LogP contribution in [0.4, 0.5) is 13.2 Å². The molecule has 1 heterocycles. The number of carbonyl (C=O) groups excluding carboxylic acids is 1. The van der Waals surface area contributed by atoms with E-state index in [1.807, 2.05) is 18.2 Å². The summed E-state index contributed by atoms with van der Waals surface area (Å²) in [5, 5.41) is 0. The van der Waals surface area contributed by atoms with Crippen molar-refractivity contribution in [2.24, 2.45) is 5.73 Å². The first-order valence-electron chi connectivity index (χ1n) is 3.16. The van der Waals surface area contributed by atoms with E-state index in [0.717, 1.165) is 0 Å². The molecular formula is C7H7F3N2O. The predicted molar refractivity (Wildman–Crippen MR) is 39.5 cm³/mol. The van der Waals surface area contributed by atoms with Crippen molar-refractivity contribution in [1.82, 2.24) is 4.98 Å². The van der Waals surface area contributed by atoms with Gasteiger partial charge in [-0.05, 0) is 12.1 Å². The summed E-state index contributed by atoms with van der Waals surface area (Å²) in [6, 6.07) is 5.72. The first-order valence-corrected chi connectivity index (χ1v) is 3.16. The number of nitrogens with two attached hydrogens (primary N) is 1. The van der Waals surface area contributed by atoms with Crippen LogP contribution in [0, 0.1) is 0 Å². The van der Waals surface area contributed by atoms with Gasteiger partial charge in [-0.3, -0.25) is 9.78 Å². The molecule has 1 aromatic heterocycles. The number of aromatic nitrogens is 1. The van der Waals surface area contributed by atoms with E-state index in [0.29, 0.717) is 0 Å². The quantitative estimate of drug-likeness (QED) is 0.669. The number of carbonyl (C=O) groups is 1. The Morgan fingerprint density at radius 1 is 1.15 bits per heavy atom. The van der Waals surface area contributed by atoms with Crippen LogP contribution >= 0.6 is 0 Å². The Balaban J connectivity index is 0.000000223. The highest BCUT2D eigenvalue weighted by molar-refractivity contribution is 5.79. The lowest BCUT2D eigenvalue weighted by Gasteiger charge is -1.95. The van der Waals surface area contributed by atoms with Gasteiger partial charge in [-0.2, -0.15) is 13.2 Å².